The quantitative estimate of drug-likeness (QED) is 0.725. The smallest absolute Gasteiger partial charge is 0.306 e. The summed E-state index contributed by atoms with van der Waals surface area (Å²) in [6.45, 7) is 1.84. The molecule has 0 aliphatic heterocycles. The molecule has 0 spiro atoms. The number of hydrogen-bond acceptors (Lipinski definition) is 5. The lowest BCUT2D eigenvalue weighted by Gasteiger charge is -2.28. The van der Waals surface area contributed by atoms with Gasteiger partial charge in [-0.1, -0.05) is 30.3 Å². The summed E-state index contributed by atoms with van der Waals surface area (Å²) < 4.78 is 0. The number of rotatable bonds is 5. The Morgan fingerprint density at radius 2 is 1.88 bits per heavy atom. The van der Waals surface area contributed by atoms with Gasteiger partial charge in [0.05, 0.1) is 17.2 Å². The number of aliphatic carboxylic acids is 1. The van der Waals surface area contributed by atoms with E-state index in [1.54, 1.807) is 0 Å². The molecule has 1 aromatic heterocycles. The van der Waals surface area contributed by atoms with E-state index in [0.29, 0.717) is 30.0 Å². The van der Waals surface area contributed by atoms with E-state index in [1.165, 1.54) is 6.21 Å². The van der Waals surface area contributed by atoms with Crippen LogP contribution in [0.4, 0.5) is 5.82 Å². The largest absolute Gasteiger partial charge is 0.481 e. The first kappa shape index (κ1) is 17.1. The molecular formula is C19H22N4O2. The SMILES string of the molecule is Cc1nc(NC2CCC(C(=O)O)CC2)c(C=N)c(-c2ccccc2)n1. The fraction of sp³-hybridized carbons (Fsp3) is 0.368. The summed E-state index contributed by atoms with van der Waals surface area (Å²) in [5, 5.41) is 20.4. The maximum Gasteiger partial charge on any atom is 0.306 e. The van der Waals surface area contributed by atoms with Crippen molar-refractivity contribution in [2.75, 3.05) is 5.32 Å². The molecule has 2 aromatic rings. The maximum absolute atomic E-state index is 11.1. The number of carboxylic acid groups (broad SMARTS) is 1. The second-order valence-electron chi connectivity index (χ2n) is 6.42. The van der Waals surface area contributed by atoms with Crippen LogP contribution in [-0.4, -0.2) is 33.3 Å². The topological polar surface area (TPSA) is 99.0 Å². The molecule has 0 amide bonds. The van der Waals surface area contributed by atoms with Gasteiger partial charge < -0.3 is 15.8 Å². The summed E-state index contributed by atoms with van der Waals surface area (Å²) in [7, 11) is 0. The van der Waals surface area contributed by atoms with E-state index in [2.05, 4.69) is 15.3 Å². The van der Waals surface area contributed by atoms with Crippen molar-refractivity contribution in [1.82, 2.24) is 9.97 Å². The van der Waals surface area contributed by atoms with E-state index >= 15 is 0 Å². The first-order valence-corrected chi connectivity index (χ1v) is 8.52. The van der Waals surface area contributed by atoms with Crippen LogP contribution in [0.2, 0.25) is 0 Å². The highest BCUT2D eigenvalue weighted by atomic mass is 16.4. The second kappa shape index (κ2) is 7.42. The third kappa shape index (κ3) is 3.84. The van der Waals surface area contributed by atoms with Crippen molar-refractivity contribution in [3.63, 3.8) is 0 Å². The standard InChI is InChI=1S/C19H22N4O2/c1-12-21-17(13-5-3-2-4-6-13)16(11-20)18(22-12)23-15-9-7-14(8-10-15)19(24)25/h2-6,11,14-15,20H,7-10H2,1H3,(H,24,25)(H,21,22,23). The zero-order chi connectivity index (χ0) is 17.8. The van der Waals surface area contributed by atoms with Crippen LogP contribution in [0.1, 0.15) is 37.1 Å². The minimum Gasteiger partial charge on any atom is -0.481 e. The van der Waals surface area contributed by atoms with E-state index in [0.717, 1.165) is 24.1 Å². The molecule has 0 bridgehead atoms. The van der Waals surface area contributed by atoms with Gasteiger partial charge in [-0.05, 0) is 32.6 Å². The molecule has 1 aromatic carbocycles. The van der Waals surface area contributed by atoms with Crippen molar-refractivity contribution in [1.29, 1.82) is 5.41 Å². The lowest BCUT2D eigenvalue weighted by atomic mass is 9.86. The third-order valence-electron chi connectivity index (χ3n) is 4.67. The fourth-order valence-corrected chi connectivity index (χ4v) is 3.32. The molecule has 0 unspecified atom stereocenters. The molecule has 25 heavy (non-hydrogen) atoms. The molecule has 130 valence electrons. The van der Waals surface area contributed by atoms with Crippen molar-refractivity contribution in [2.45, 2.75) is 38.6 Å². The third-order valence-corrected chi connectivity index (χ3v) is 4.67. The van der Waals surface area contributed by atoms with Crippen LogP contribution < -0.4 is 5.32 Å². The van der Waals surface area contributed by atoms with E-state index < -0.39 is 5.97 Å². The van der Waals surface area contributed by atoms with E-state index in [-0.39, 0.29) is 12.0 Å². The molecule has 0 saturated heterocycles. The highest BCUT2D eigenvalue weighted by Gasteiger charge is 2.26. The summed E-state index contributed by atoms with van der Waals surface area (Å²) in [5.41, 5.74) is 2.35. The van der Waals surface area contributed by atoms with Gasteiger partial charge in [0.25, 0.3) is 0 Å². The van der Waals surface area contributed by atoms with E-state index in [1.807, 2.05) is 37.3 Å². The molecule has 6 nitrogen and oxygen atoms in total. The van der Waals surface area contributed by atoms with Gasteiger partial charge in [0, 0.05) is 17.8 Å². The molecule has 1 saturated carbocycles. The minimum absolute atomic E-state index is 0.173. The molecule has 1 fully saturated rings. The van der Waals surface area contributed by atoms with Crippen LogP contribution in [0.25, 0.3) is 11.3 Å². The van der Waals surface area contributed by atoms with Gasteiger partial charge in [-0.2, -0.15) is 0 Å². The molecule has 3 N–H and O–H groups in total. The maximum atomic E-state index is 11.1. The molecule has 1 heterocycles. The minimum atomic E-state index is -0.706. The Morgan fingerprint density at radius 1 is 1.20 bits per heavy atom. The number of benzene rings is 1. The van der Waals surface area contributed by atoms with Gasteiger partial charge in [0.2, 0.25) is 0 Å². The monoisotopic (exact) mass is 338 g/mol. The Labute approximate surface area is 146 Å². The van der Waals surface area contributed by atoms with E-state index in [4.69, 9.17) is 10.5 Å². The molecular weight excluding hydrogens is 316 g/mol. The number of aromatic nitrogens is 2. The lowest BCUT2D eigenvalue weighted by Crippen LogP contribution is -2.30. The average molecular weight is 338 g/mol. The fourth-order valence-electron chi connectivity index (χ4n) is 3.32. The molecule has 0 radical (unpaired) electrons. The Morgan fingerprint density at radius 3 is 2.48 bits per heavy atom. The first-order valence-electron chi connectivity index (χ1n) is 8.52. The zero-order valence-corrected chi connectivity index (χ0v) is 14.2. The number of nitrogens with one attached hydrogen (secondary N) is 2. The number of aryl methyl sites for hydroxylation is 1. The number of carboxylic acids is 1. The normalized spacial score (nSPS) is 20.0. The van der Waals surface area contributed by atoms with Crippen LogP contribution in [0.3, 0.4) is 0 Å². The lowest BCUT2D eigenvalue weighted by molar-refractivity contribution is -0.142. The highest BCUT2D eigenvalue weighted by Crippen LogP contribution is 2.29. The van der Waals surface area contributed by atoms with E-state index in [9.17, 15) is 4.79 Å². The van der Waals surface area contributed by atoms with Crippen LogP contribution in [0, 0.1) is 18.3 Å². The number of hydrogen-bond donors (Lipinski definition) is 3. The van der Waals surface area contributed by atoms with Gasteiger partial charge in [-0.3, -0.25) is 4.79 Å². The number of nitrogens with zero attached hydrogens (tertiary/aromatic N) is 2. The van der Waals surface area contributed by atoms with Crippen molar-refractivity contribution in [3.8, 4) is 11.3 Å². The van der Waals surface area contributed by atoms with Gasteiger partial charge >= 0.3 is 5.97 Å². The second-order valence-corrected chi connectivity index (χ2v) is 6.42. The van der Waals surface area contributed by atoms with Crippen molar-refractivity contribution >= 4 is 18.0 Å². The summed E-state index contributed by atoms with van der Waals surface area (Å²) in [5.74, 6) is 0.349. The molecule has 3 rings (SSSR count). The zero-order valence-electron chi connectivity index (χ0n) is 14.2. The van der Waals surface area contributed by atoms with Crippen molar-refractivity contribution < 1.29 is 9.90 Å². The Balaban J connectivity index is 1.86. The summed E-state index contributed by atoms with van der Waals surface area (Å²) in [6, 6.07) is 9.95. The van der Waals surface area contributed by atoms with Crippen molar-refractivity contribution in [3.05, 3.63) is 41.7 Å². The van der Waals surface area contributed by atoms with Crippen LogP contribution in [-0.2, 0) is 4.79 Å². The predicted molar refractivity (Wildman–Crippen MR) is 97.1 cm³/mol. The van der Waals surface area contributed by atoms with Crippen LogP contribution in [0.15, 0.2) is 30.3 Å². The highest BCUT2D eigenvalue weighted by molar-refractivity contribution is 5.92. The summed E-state index contributed by atoms with van der Waals surface area (Å²) in [6.07, 6.45) is 4.20. The first-order chi connectivity index (χ1) is 12.1. The van der Waals surface area contributed by atoms with Crippen molar-refractivity contribution in [2.24, 2.45) is 5.92 Å². The molecule has 6 heteroatoms. The Kier molecular flexibility index (Phi) is 5.07. The average Bonchev–Trinajstić information content (AvgIpc) is 2.62. The Bertz CT molecular complexity index is 768. The predicted octanol–water partition coefficient (Wildman–Crippen LogP) is 3.50. The number of carbonyl (C=O) groups is 1. The molecule has 1 aliphatic rings. The van der Waals surface area contributed by atoms with Gasteiger partial charge in [-0.15, -0.1) is 0 Å². The summed E-state index contributed by atoms with van der Waals surface area (Å²) >= 11 is 0. The Hall–Kier alpha value is -2.76. The van der Waals surface area contributed by atoms with Gasteiger partial charge in [-0.25, -0.2) is 9.97 Å². The van der Waals surface area contributed by atoms with Gasteiger partial charge in [0.15, 0.2) is 0 Å². The molecule has 1 aliphatic carbocycles. The van der Waals surface area contributed by atoms with Crippen LogP contribution in [0.5, 0.6) is 0 Å². The molecule has 0 atom stereocenters. The van der Waals surface area contributed by atoms with Gasteiger partial charge in [0.1, 0.15) is 11.6 Å². The van der Waals surface area contributed by atoms with Crippen LogP contribution >= 0.6 is 0 Å². The summed E-state index contributed by atoms with van der Waals surface area (Å²) in [4.78, 5) is 20.1. The number of anilines is 1.